The van der Waals surface area contributed by atoms with Gasteiger partial charge in [-0.25, -0.2) is 0 Å². The Bertz CT molecular complexity index is 185. The molecule has 0 heterocycles. The predicted octanol–water partition coefficient (Wildman–Crippen LogP) is 1.72. The van der Waals surface area contributed by atoms with Crippen LogP contribution in [0.1, 0.15) is 40.0 Å². The van der Waals surface area contributed by atoms with Gasteiger partial charge in [-0.1, -0.05) is 6.92 Å². The molecule has 4 nitrogen and oxygen atoms in total. The molecule has 0 radical (unpaired) electrons. The van der Waals surface area contributed by atoms with Gasteiger partial charge in [-0.3, -0.25) is 4.79 Å². The average molecular weight is 231 g/mol. The molecular weight excluding hydrogens is 206 g/mol. The van der Waals surface area contributed by atoms with Gasteiger partial charge in [0.05, 0.1) is 6.61 Å². The third-order valence-electron chi connectivity index (χ3n) is 2.39. The molecule has 0 saturated heterocycles. The molecule has 0 saturated carbocycles. The largest absolute Gasteiger partial charge is 0.460 e. The molecule has 2 N–H and O–H groups in total. The minimum Gasteiger partial charge on any atom is -0.460 e. The predicted molar refractivity (Wildman–Crippen MR) is 64.1 cm³/mol. The number of ether oxygens (including phenoxy) is 2. The topological polar surface area (TPSA) is 61.5 Å². The van der Waals surface area contributed by atoms with Crippen molar-refractivity contribution in [3.05, 3.63) is 0 Å². The minimum absolute atomic E-state index is 0.143. The van der Waals surface area contributed by atoms with Crippen LogP contribution in [0, 0.1) is 5.92 Å². The lowest BCUT2D eigenvalue weighted by atomic mass is 10.0. The fraction of sp³-hybridized carbons (Fsp3) is 0.917. The monoisotopic (exact) mass is 231 g/mol. The van der Waals surface area contributed by atoms with Gasteiger partial charge in [0.15, 0.2) is 0 Å². The van der Waals surface area contributed by atoms with Crippen molar-refractivity contribution in [3.63, 3.8) is 0 Å². The summed E-state index contributed by atoms with van der Waals surface area (Å²) in [7, 11) is 0. The van der Waals surface area contributed by atoms with Crippen molar-refractivity contribution in [1.29, 1.82) is 0 Å². The van der Waals surface area contributed by atoms with Crippen LogP contribution in [-0.2, 0) is 14.3 Å². The van der Waals surface area contributed by atoms with E-state index < -0.39 is 0 Å². The molecule has 2 atom stereocenters. The molecule has 0 aliphatic carbocycles. The number of hydrogen-bond acceptors (Lipinski definition) is 4. The van der Waals surface area contributed by atoms with Gasteiger partial charge in [0, 0.05) is 13.0 Å². The van der Waals surface area contributed by atoms with Crippen LogP contribution in [0.3, 0.4) is 0 Å². The van der Waals surface area contributed by atoms with Crippen LogP contribution >= 0.6 is 0 Å². The second-order valence-corrected chi connectivity index (χ2v) is 4.18. The Balaban J connectivity index is 3.57. The summed E-state index contributed by atoms with van der Waals surface area (Å²) in [6.45, 7) is 7.66. The van der Waals surface area contributed by atoms with Crippen LogP contribution in [0.15, 0.2) is 0 Å². The highest BCUT2D eigenvalue weighted by atomic mass is 16.6. The number of nitrogens with two attached hydrogens (primary N) is 1. The first-order valence-electron chi connectivity index (χ1n) is 6.07. The maximum atomic E-state index is 11.4. The SMILES string of the molecule is CCOCC(C)OC(=O)CCC(C)CCN. The maximum Gasteiger partial charge on any atom is 0.306 e. The quantitative estimate of drug-likeness (QED) is 0.614. The molecule has 2 unspecified atom stereocenters. The molecule has 0 bridgehead atoms. The second-order valence-electron chi connectivity index (χ2n) is 4.18. The summed E-state index contributed by atoms with van der Waals surface area (Å²) < 4.78 is 10.4. The average Bonchev–Trinajstić information content (AvgIpc) is 2.24. The highest BCUT2D eigenvalue weighted by Crippen LogP contribution is 2.10. The van der Waals surface area contributed by atoms with E-state index in [1.54, 1.807) is 0 Å². The summed E-state index contributed by atoms with van der Waals surface area (Å²) in [6, 6.07) is 0. The van der Waals surface area contributed by atoms with E-state index in [0.29, 0.717) is 32.1 Å². The first kappa shape index (κ1) is 15.4. The lowest BCUT2D eigenvalue weighted by Crippen LogP contribution is -2.20. The van der Waals surface area contributed by atoms with Gasteiger partial charge in [0.25, 0.3) is 0 Å². The van der Waals surface area contributed by atoms with Crippen molar-refractivity contribution >= 4 is 5.97 Å². The molecule has 0 spiro atoms. The molecule has 0 aromatic carbocycles. The molecule has 0 aliphatic heterocycles. The Morgan fingerprint density at radius 3 is 2.56 bits per heavy atom. The first-order chi connectivity index (χ1) is 7.60. The van der Waals surface area contributed by atoms with Gasteiger partial charge in [0.2, 0.25) is 0 Å². The van der Waals surface area contributed by atoms with Crippen molar-refractivity contribution in [2.24, 2.45) is 11.7 Å². The van der Waals surface area contributed by atoms with E-state index in [0.717, 1.165) is 12.8 Å². The summed E-state index contributed by atoms with van der Waals surface area (Å²) in [5.74, 6) is 0.343. The van der Waals surface area contributed by atoms with Gasteiger partial charge >= 0.3 is 5.97 Å². The summed E-state index contributed by atoms with van der Waals surface area (Å²) in [5, 5.41) is 0. The Labute approximate surface area is 98.5 Å². The van der Waals surface area contributed by atoms with Crippen molar-refractivity contribution in [3.8, 4) is 0 Å². The van der Waals surface area contributed by atoms with Gasteiger partial charge in [-0.2, -0.15) is 0 Å². The minimum atomic E-state index is -0.155. The second kappa shape index (κ2) is 9.60. The number of carbonyl (C=O) groups excluding carboxylic acids is 1. The molecule has 0 amide bonds. The summed E-state index contributed by atoms with van der Waals surface area (Å²) in [6.07, 6.45) is 2.12. The zero-order valence-corrected chi connectivity index (χ0v) is 10.7. The van der Waals surface area contributed by atoms with Crippen molar-refractivity contribution in [1.82, 2.24) is 0 Å². The van der Waals surface area contributed by atoms with E-state index in [2.05, 4.69) is 6.92 Å². The molecule has 0 aromatic heterocycles. The molecule has 0 rings (SSSR count). The lowest BCUT2D eigenvalue weighted by Gasteiger charge is -2.14. The maximum absolute atomic E-state index is 11.4. The Hall–Kier alpha value is -0.610. The van der Waals surface area contributed by atoms with Gasteiger partial charge in [-0.15, -0.1) is 0 Å². The molecular formula is C12H25NO3. The van der Waals surface area contributed by atoms with E-state index in [-0.39, 0.29) is 12.1 Å². The zero-order valence-electron chi connectivity index (χ0n) is 10.7. The van der Waals surface area contributed by atoms with Crippen molar-refractivity contribution in [2.45, 2.75) is 46.1 Å². The molecule has 0 fully saturated rings. The van der Waals surface area contributed by atoms with Crippen molar-refractivity contribution in [2.75, 3.05) is 19.8 Å². The highest BCUT2D eigenvalue weighted by Gasteiger charge is 2.11. The first-order valence-corrected chi connectivity index (χ1v) is 6.07. The normalized spacial score (nSPS) is 14.5. The summed E-state index contributed by atoms with van der Waals surface area (Å²) in [4.78, 5) is 11.4. The number of hydrogen-bond donors (Lipinski definition) is 1. The fourth-order valence-electron chi connectivity index (χ4n) is 1.39. The zero-order chi connectivity index (χ0) is 12.4. The Kier molecular flexibility index (Phi) is 9.24. The number of esters is 1. The van der Waals surface area contributed by atoms with E-state index >= 15 is 0 Å². The standard InChI is InChI=1S/C12H25NO3/c1-4-15-9-11(3)16-12(14)6-5-10(2)7-8-13/h10-11H,4-9,13H2,1-3H3. The van der Waals surface area contributed by atoms with Crippen LogP contribution in [0.5, 0.6) is 0 Å². The van der Waals surface area contributed by atoms with Gasteiger partial charge in [-0.05, 0) is 39.2 Å². The third-order valence-corrected chi connectivity index (χ3v) is 2.39. The van der Waals surface area contributed by atoms with E-state index in [1.807, 2.05) is 13.8 Å². The molecule has 96 valence electrons. The third kappa shape index (κ3) is 8.68. The highest BCUT2D eigenvalue weighted by molar-refractivity contribution is 5.69. The molecule has 0 aromatic rings. The van der Waals surface area contributed by atoms with Crippen LogP contribution in [0.4, 0.5) is 0 Å². The van der Waals surface area contributed by atoms with Crippen molar-refractivity contribution < 1.29 is 14.3 Å². The Morgan fingerprint density at radius 2 is 2.00 bits per heavy atom. The van der Waals surface area contributed by atoms with E-state index in [9.17, 15) is 4.79 Å². The smallest absolute Gasteiger partial charge is 0.306 e. The van der Waals surface area contributed by atoms with E-state index in [4.69, 9.17) is 15.2 Å². The number of rotatable bonds is 9. The van der Waals surface area contributed by atoms with E-state index in [1.165, 1.54) is 0 Å². The van der Waals surface area contributed by atoms with Crippen LogP contribution in [0.2, 0.25) is 0 Å². The molecule has 4 heteroatoms. The lowest BCUT2D eigenvalue weighted by molar-refractivity contribution is -0.151. The molecule has 0 aliphatic rings. The van der Waals surface area contributed by atoms with Crippen LogP contribution in [0.25, 0.3) is 0 Å². The Morgan fingerprint density at radius 1 is 1.31 bits per heavy atom. The molecule has 16 heavy (non-hydrogen) atoms. The summed E-state index contributed by atoms with van der Waals surface area (Å²) in [5.41, 5.74) is 5.44. The van der Waals surface area contributed by atoms with Gasteiger partial charge < -0.3 is 15.2 Å². The summed E-state index contributed by atoms with van der Waals surface area (Å²) >= 11 is 0. The van der Waals surface area contributed by atoms with Crippen LogP contribution in [-0.4, -0.2) is 31.8 Å². The van der Waals surface area contributed by atoms with Crippen LogP contribution < -0.4 is 5.73 Å². The number of carbonyl (C=O) groups is 1. The fourth-order valence-corrected chi connectivity index (χ4v) is 1.39. The van der Waals surface area contributed by atoms with Gasteiger partial charge in [0.1, 0.15) is 6.10 Å².